The number of amides is 1. The Morgan fingerprint density at radius 3 is 2.70 bits per heavy atom. The van der Waals surface area contributed by atoms with Crippen LogP contribution in [0.3, 0.4) is 0 Å². The molecule has 1 aliphatic carbocycles. The van der Waals surface area contributed by atoms with Crippen molar-refractivity contribution in [3.05, 3.63) is 35.9 Å². The lowest BCUT2D eigenvalue weighted by Crippen LogP contribution is -2.38. The highest BCUT2D eigenvalue weighted by Gasteiger charge is 2.24. The maximum absolute atomic E-state index is 12.1. The molecule has 106 valence electrons. The van der Waals surface area contributed by atoms with Crippen molar-refractivity contribution in [2.24, 2.45) is 5.92 Å². The molecule has 0 unspecified atom stereocenters. The summed E-state index contributed by atoms with van der Waals surface area (Å²) in [5.41, 5.74) is 0.977. The largest absolute Gasteiger partial charge is 0.445 e. The van der Waals surface area contributed by atoms with Crippen LogP contribution in [-0.4, -0.2) is 24.1 Å². The minimum atomic E-state index is -0.309. The van der Waals surface area contributed by atoms with Crippen molar-refractivity contribution in [1.82, 2.24) is 4.90 Å². The van der Waals surface area contributed by atoms with Gasteiger partial charge in [0.25, 0.3) is 0 Å². The van der Waals surface area contributed by atoms with E-state index in [1.54, 1.807) is 4.90 Å². The Hall–Kier alpha value is -2.02. The monoisotopic (exact) mass is 272 g/mol. The fourth-order valence-electron chi connectivity index (χ4n) is 2.24. The van der Waals surface area contributed by atoms with E-state index in [0.717, 1.165) is 12.1 Å². The maximum atomic E-state index is 12.1. The third-order valence-electron chi connectivity index (χ3n) is 3.66. The van der Waals surface area contributed by atoms with Crippen molar-refractivity contribution in [2.75, 3.05) is 13.1 Å². The van der Waals surface area contributed by atoms with Crippen LogP contribution in [0.2, 0.25) is 0 Å². The van der Waals surface area contributed by atoms with Crippen molar-refractivity contribution in [3.8, 4) is 6.07 Å². The average molecular weight is 272 g/mol. The molecule has 1 aromatic rings. The predicted molar refractivity (Wildman–Crippen MR) is 75.8 cm³/mol. The van der Waals surface area contributed by atoms with E-state index in [1.807, 2.05) is 30.3 Å². The summed E-state index contributed by atoms with van der Waals surface area (Å²) in [6, 6.07) is 11.7. The van der Waals surface area contributed by atoms with E-state index in [0.29, 0.717) is 18.9 Å². The van der Waals surface area contributed by atoms with Crippen LogP contribution >= 0.6 is 0 Å². The van der Waals surface area contributed by atoms with Crippen LogP contribution in [0.25, 0.3) is 0 Å². The first-order chi connectivity index (χ1) is 9.79. The van der Waals surface area contributed by atoms with Gasteiger partial charge in [-0.3, -0.25) is 0 Å². The van der Waals surface area contributed by atoms with Crippen LogP contribution in [0.15, 0.2) is 30.3 Å². The molecule has 1 aliphatic rings. The zero-order valence-corrected chi connectivity index (χ0v) is 11.6. The van der Waals surface area contributed by atoms with Gasteiger partial charge >= 0.3 is 6.09 Å². The van der Waals surface area contributed by atoms with Crippen LogP contribution in [0.5, 0.6) is 0 Å². The van der Waals surface area contributed by atoms with Crippen LogP contribution in [-0.2, 0) is 11.3 Å². The summed E-state index contributed by atoms with van der Waals surface area (Å²) < 4.78 is 5.33. The van der Waals surface area contributed by atoms with E-state index in [2.05, 4.69) is 6.07 Å². The number of nitrogens with zero attached hydrogens (tertiary/aromatic N) is 2. The summed E-state index contributed by atoms with van der Waals surface area (Å²) >= 11 is 0. The Kier molecular flexibility index (Phi) is 5.43. The second-order valence-corrected chi connectivity index (χ2v) is 5.19. The molecule has 1 amide bonds. The molecule has 2 rings (SSSR count). The molecular formula is C16H20N2O2. The topological polar surface area (TPSA) is 53.3 Å². The van der Waals surface area contributed by atoms with Crippen LogP contribution in [0, 0.1) is 17.2 Å². The van der Waals surface area contributed by atoms with Gasteiger partial charge in [0.15, 0.2) is 0 Å². The molecule has 20 heavy (non-hydrogen) atoms. The minimum Gasteiger partial charge on any atom is -0.445 e. The molecule has 0 aromatic heterocycles. The Balaban J connectivity index is 1.83. The summed E-state index contributed by atoms with van der Waals surface area (Å²) in [6.45, 7) is 1.46. The lowest BCUT2D eigenvalue weighted by molar-refractivity contribution is 0.0840. The SMILES string of the molecule is N#CCCN(CC1CCC1)C(=O)OCc1ccccc1. The number of hydrogen-bond donors (Lipinski definition) is 0. The lowest BCUT2D eigenvalue weighted by atomic mass is 9.85. The van der Waals surface area contributed by atoms with E-state index in [4.69, 9.17) is 10.00 Å². The first-order valence-corrected chi connectivity index (χ1v) is 7.12. The van der Waals surface area contributed by atoms with Crippen LogP contribution < -0.4 is 0 Å². The van der Waals surface area contributed by atoms with E-state index < -0.39 is 0 Å². The number of benzene rings is 1. The lowest BCUT2D eigenvalue weighted by Gasteiger charge is -2.31. The number of ether oxygens (including phenoxy) is 1. The summed E-state index contributed by atoms with van der Waals surface area (Å²) in [4.78, 5) is 13.8. The second kappa shape index (κ2) is 7.54. The van der Waals surface area contributed by atoms with Gasteiger partial charge in [-0.25, -0.2) is 4.79 Å². The summed E-state index contributed by atoms with van der Waals surface area (Å²) in [7, 11) is 0. The molecule has 0 radical (unpaired) electrons. The normalized spacial score (nSPS) is 14.2. The molecule has 1 aromatic carbocycles. The van der Waals surface area contributed by atoms with E-state index >= 15 is 0 Å². The van der Waals surface area contributed by atoms with E-state index in [-0.39, 0.29) is 12.7 Å². The first kappa shape index (κ1) is 14.4. The van der Waals surface area contributed by atoms with Gasteiger partial charge in [-0.15, -0.1) is 0 Å². The van der Waals surface area contributed by atoms with Crippen molar-refractivity contribution in [1.29, 1.82) is 5.26 Å². The van der Waals surface area contributed by atoms with Gasteiger partial charge in [0.05, 0.1) is 12.5 Å². The molecular weight excluding hydrogens is 252 g/mol. The molecule has 0 saturated heterocycles. The highest BCUT2D eigenvalue weighted by atomic mass is 16.6. The van der Waals surface area contributed by atoms with Gasteiger partial charge in [0, 0.05) is 13.1 Å². The maximum Gasteiger partial charge on any atom is 0.410 e. The summed E-state index contributed by atoms with van der Waals surface area (Å²) in [5.74, 6) is 0.581. The third kappa shape index (κ3) is 4.27. The van der Waals surface area contributed by atoms with Gasteiger partial charge in [-0.1, -0.05) is 36.8 Å². The van der Waals surface area contributed by atoms with Gasteiger partial charge in [-0.05, 0) is 24.3 Å². The number of nitriles is 1. The predicted octanol–water partition coefficient (Wildman–Crippen LogP) is 3.34. The van der Waals surface area contributed by atoms with Crippen LogP contribution in [0.1, 0.15) is 31.2 Å². The number of carbonyl (C=O) groups is 1. The Morgan fingerprint density at radius 2 is 2.10 bits per heavy atom. The highest BCUT2D eigenvalue weighted by Crippen LogP contribution is 2.27. The van der Waals surface area contributed by atoms with Gasteiger partial charge in [-0.2, -0.15) is 5.26 Å². The molecule has 4 nitrogen and oxygen atoms in total. The van der Waals surface area contributed by atoms with Crippen molar-refractivity contribution < 1.29 is 9.53 Å². The number of hydrogen-bond acceptors (Lipinski definition) is 3. The molecule has 0 N–H and O–H groups in total. The van der Waals surface area contributed by atoms with Gasteiger partial charge in [0.1, 0.15) is 6.61 Å². The first-order valence-electron chi connectivity index (χ1n) is 7.12. The van der Waals surface area contributed by atoms with Crippen molar-refractivity contribution in [2.45, 2.75) is 32.3 Å². The Morgan fingerprint density at radius 1 is 1.35 bits per heavy atom. The van der Waals surface area contributed by atoms with Crippen LogP contribution in [0.4, 0.5) is 4.79 Å². The molecule has 4 heteroatoms. The fraction of sp³-hybridized carbons (Fsp3) is 0.500. The van der Waals surface area contributed by atoms with E-state index in [9.17, 15) is 4.79 Å². The summed E-state index contributed by atoms with van der Waals surface area (Å²) in [5, 5.41) is 8.68. The number of rotatable bonds is 6. The molecule has 1 fully saturated rings. The van der Waals surface area contributed by atoms with Gasteiger partial charge in [0.2, 0.25) is 0 Å². The smallest absolute Gasteiger partial charge is 0.410 e. The molecule has 0 heterocycles. The highest BCUT2D eigenvalue weighted by molar-refractivity contribution is 5.67. The molecule has 0 atom stereocenters. The molecule has 1 saturated carbocycles. The van der Waals surface area contributed by atoms with Crippen molar-refractivity contribution in [3.63, 3.8) is 0 Å². The molecule has 0 bridgehead atoms. The molecule has 0 spiro atoms. The van der Waals surface area contributed by atoms with E-state index in [1.165, 1.54) is 19.3 Å². The third-order valence-corrected chi connectivity index (χ3v) is 3.66. The zero-order valence-electron chi connectivity index (χ0n) is 11.6. The zero-order chi connectivity index (χ0) is 14.2. The fourth-order valence-corrected chi connectivity index (χ4v) is 2.24. The quantitative estimate of drug-likeness (QED) is 0.798. The minimum absolute atomic E-state index is 0.285. The Bertz CT molecular complexity index is 463. The standard InChI is InChI=1S/C16H20N2O2/c17-10-5-11-18(12-14-8-4-9-14)16(19)20-13-15-6-2-1-3-7-15/h1-3,6-7,14H,4-5,8-9,11-13H2. The second-order valence-electron chi connectivity index (χ2n) is 5.19. The number of carbonyl (C=O) groups excluding carboxylic acids is 1. The average Bonchev–Trinajstić information content (AvgIpc) is 2.44. The molecule has 0 aliphatic heterocycles. The summed E-state index contributed by atoms with van der Waals surface area (Å²) in [6.07, 6.45) is 3.64. The Labute approximate surface area is 120 Å². The van der Waals surface area contributed by atoms with Crippen molar-refractivity contribution >= 4 is 6.09 Å². The van der Waals surface area contributed by atoms with Gasteiger partial charge < -0.3 is 9.64 Å².